The summed E-state index contributed by atoms with van der Waals surface area (Å²) in [6.07, 6.45) is 3.73. The van der Waals surface area contributed by atoms with Gasteiger partial charge in [0.1, 0.15) is 12.1 Å². The highest BCUT2D eigenvalue weighted by molar-refractivity contribution is 9.10. The van der Waals surface area contributed by atoms with Crippen LogP contribution in [0, 0.1) is 5.92 Å². The van der Waals surface area contributed by atoms with Crippen LogP contribution in [0.15, 0.2) is 16.7 Å². The molecule has 3 heterocycles. The first-order valence-corrected chi connectivity index (χ1v) is 7.15. The number of H-pyrrole nitrogens is 1. The molecule has 1 N–H and O–H groups in total. The van der Waals surface area contributed by atoms with E-state index in [4.69, 9.17) is 0 Å². The lowest BCUT2D eigenvalue weighted by molar-refractivity contribution is -0.109. The lowest BCUT2D eigenvalue weighted by Crippen LogP contribution is -2.26. The monoisotopic (exact) mass is 322 g/mol. The zero-order valence-electron chi connectivity index (χ0n) is 10.6. The summed E-state index contributed by atoms with van der Waals surface area (Å²) >= 11 is 3.40. The molecule has 2 atom stereocenters. The highest BCUT2D eigenvalue weighted by Crippen LogP contribution is 2.34. The lowest BCUT2D eigenvalue weighted by Gasteiger charge is -2.19. The molecule has 0 spiro atoms. The first kappa shape index (κ1) is 12.7. The normalized spacial score (nSPS) is 24.1. The summed E-state index contributed by atoms with van der Waals surface area (Å²) in [4.78, 5) is 25.1. The first-order valence-electron chi connectivity index (χ1n) is 6.36. The van der Waals surface area contributed by atoms with Gasteiger partial charge in [-0.3, -0.25) is 4.90 Å². The molecule has 100 valence electrons. The standard InChI is InChI=1S/C13H15BrN4O/c1-8-4-11(18(7-8)2-3-19)13-16-10-5-9(14)6-15-12(10)17-13/h3,5-6,8,11H,2,4,7H2,1H3,(H,15,16,17)/t8-,11?/m0/s1. The number of nitrogens with zero attached hydrogens (tertiary/aromatic N) is 3. The summed E-state index contributed by atoms with van der Waals surface area (Å²) in [5.74, 6) is 1.49. The number of aromatic nitrogens is 3. The van der Waals surface area contributed by atoms with Crippen LogP contribution in [-0.2, 0) is 4.79 Å². The number of imidazole rings is 1. The molecule has 1 fully saturated rings. The van der Waals surface area contributed by atoms with Gasteiger partial charge in [-0.1, -0.05) is 6.92 Å². The average Bonchev–Trinajstić information content (AvgIpc) is 2.92. The predicted octanol–water partition coefficient (Wildman–Crippen LogP) is 2.30. The van der Waals surface area contributed by atoms with Crippen LogP contribution in [0.3, 0.4) is 0 Å². The third kappa shape index (κ3) is 2.42. The highest BCUT2D eigenvalue weighted by atomic mass is 79.9. The molecule has 1 saturated heterocycles. The molecule has 0 amide bonds. The number of likely N-dealkylation sites (tertiary alicyclic amines) is 1. The zero-order chi connectivity index (χ0) is 13.4. The van der Waals surface area contributed by atoms with Gasteiger partial charge in [0.25, 0.3) is 0 Å². The Morgan fingerprint density at radius 3 is 3.26 bits per heavy atom. The van der Waals surface area contributed by atoms with Crippen molar-refractivity contribution in [1.29, 1.82) is 0 Å². The molecule has 0 aliphatic carbocycles. The number of hydrogen-bond acceptors (Lipinski definition) is 4. The van der Waals surface area contributed by atoms with E-state index in [1.54, 1.807) is 6.20 Å². The van der Waals surface area contributed by atoms with Gasteiger partial charge in [-0.05, 0) is 34.3 Å². The molecule has 0 radical (unpaired) electrons. The summed E-state index contributed by atoms with van der Waals surface area (Å²) in [5.41, 5.74) is 1.65. The van der Waals surface area contributed by atoms with Crippen molar-refractivity contribution in [2.45, 2.75) is 19.4 Å². The third-order valence-electron chi connectivity index (χ3n) is 3.56. The maximum absolute atomic E-state index is 10.8. The van der Waals surface area contributed by atoms with Gasteiger partial charge in [-0.25, -0.2) is 9.97 Å². The van der Waals surface area contributed by atoms with Crippen molar-refractivity contribution in [3.63, 3.8) is 0 Å². The van der Waals surface area contributed by atoms with Gasteiger partial charge in [-0.15, -0.1) is 0 Å². The molecule has 6 heteroatoms. The second-order valence-corrected chi connectivity index (χ2v) is 6.04. The second-order valence-electron chi connectivity index (χ2n) is 5.12. The van der Waals surface area contributed by atoms with Crippen molar-refractivity contribution in [2.24, 2.45) is 5.92 Å². The van der Waals surface area contributed by atoms with Crippen molar-refractivity contribution < 1.29 is 4.79 Å². The van der Waals surface area contributed by atoms with Crippen LogP contribution in [0.1, 0.15) is 25.2 Å². The minimum atomic E-state index is 0.188. The Morgan fingerprint density at radius 2 is 2.47 bits per heavy atom. The maximum Gasteiger partial charge on any atom is 0.177 e. The number of carbonyl (C=O) groups is 1. The number of hydrogen-bond donors (Lipinski definition) is 1. The van der Waals surface area contributed by atoms with Crippen LogP contribution < -0.4 is 0 Å². The van der Waals surface area contributed by atoms with Gasteiger partial charge in [0.05, 0.1) is 18.1 Å². The van der Waals surface area contributed by atoms with E-state index in [1.807, 2.05) is 6.07 Å². The fraction of sp³-hybridized carbons (Fsp3) is 0.462. The molecule has 1 aliphatic heterocycles. The molecule has 0 aromatic carbocycles. The van der Waals surface area contributed by atoms with Gasteiger partial charge in [-0.2, -0.15) is 0 Å². The fourth-order valence-corrected chi connectivity index (χ4v) is 3.10. The van der Waals surface area contributed by atoms with Crippen molar-refractivity contribution in [2.75, 3.05) is 13.1 Å². The van der Waals surface area contributed by atoms with Gasteiger partial charge in [0.15, 0.2) is 5.65 Å². The summed E-state index contributed by atoms with van der Waals surface area (Å²) in [5, 5.41) is 0. The SMILES string of the molecule is C[C@H]1CC(c2nc3ncc(Br)cc3[nH]2)N(CC=O)C1. The van der Waals surface area contributed by atoms with E-state index < -0.39 is 0 Å². The molecule has 19 heavy (non-hydrogen) atoms. The zero-order valence-corrected chi connectivity index (χ0v) is 12.2. The molecule has 0 bridgehead atoms. The van der Waals surface area contributed by atoms with E-state index in [1.165, 1.54) is 0 Å². The molecule has 1 unspecified atom stereocenters. The molecule has 5 nitrogen and oxygen atoms in total. The summed E-state index contributed by atoms with van der Waals surface area (Å²) < 4.78 is 0.930. The molecule has 0 saturated carbocycles. The predicted molar refractivity (Wildman–Crippen MR) is 75.7 cm³/mol. The number of rotatable bonds is 3. The first-order chi connectivity index (χ1) is 9.17. The molecule has 3 rings (SSSR count). The Balaban J connectivity index is 1.96. The van der Waals surface area contributed by atoms with Crippen LogP contribution in [0.2, 0.25) is 0 Å². The van der Waals surface area contributed by atoms with E-state index in [0.29, 0.717) is 12.5 Å². The number of pyridine rings is 1. The van der Waals surface area contributed by atoms with Crippen LogP contribution >= 0.6 is 15.9 Å². The third-order valence-corrected chi connectivity index (χ3v) is 3.99. The Hall–Kier alpha value is -1.27. The Labute approximate surface area is 119 Å². The fourth-order valence-electron chi connectivity index (χ4n) is 2.77. The summed E-state index contributed by atoms with van der Waals surface area (Å²) in [6, 6.07) is 2.16. The van der Waals surface area contributed by atoms with Gasteiger partial charge >= 0.3 is 0 Å². The van der Waals surface area contributed by atoms with E-state index in [9.17, 15) is 4.79 Å². The minimum Gasteiger partial charge on any atom is -0.339 e. The van der Waals surface area contributed by atoms with Gasteiger partial charge < -0.3 is 9.78 Å². The van der Waals surface area contributed by atoms with E-state index in [0.717, 1.165) is 40.7 Å². The average molecular weight is 323 g/mol. The smallest absolute Gasteiger partial charge is 0.177 e. The van der Waals surface area contributed by atoms with E-state index in [2.05, 4.69) is 42.7 Å². The Kier molecular flexibility index (Phi) is 3.36. The van der Waals surface area contributed by atoms with Crippen LogP contribution in [-0.4, -0.2) is 39.2 Å². The lowest BCUT2D eigenvalue weighted by atomic mass is 10.1. The number of nitrogens with one attached hydrogen (secondary N) is 1. The minimum absolute atomic E-state index is 0.188. The van der Waals surface area contributed by atoms with Gasteiger partial charge in [0, 0.05) is 17.2 Å². The van der Waals surface area contributed by atoms with Crippen molar-refractivity contribution >= 4 is 33.4 Å². The number of fused-ring (bicyclic) bond motifs is 1. The van der Waals surface area contributed by atoms with Crippen molar-refractivity contribution in [3.8, 4) is 0 Å². The Bertz CT molecular complexity index is 612. The van der Waals surface area contributed by atoms with Crippen LogP contribution in [0.4, 0.5) is 0 Å². The Morgan fingerprint density at radius 1 is 1.63 bits per heavy atom. The van der Waals surface area contributed by atoms with E-state index in [-0.39, 0.29) is 6.04 Å². The quantitative estimate of drug-likeness (QED) is 0.881. The molecule has 1 aliphatic rings. The van der Waals surface area contributed by atoms with Crippen LogP contribution in [0.5, 0.6) is 0 Å². The van der Waals surface area contributed by atoms with E-state index >= 15 is 0 Å². The number of halogens is 1. The number of aromatic amines is 1. The number of carbonyl (C=O) groups excluding carboxylic acids is 1. The van der Waals surface area contributed by atoms with Crippen LogP contribution in [0.25, 0.3) is 11.2 Å². The van der Waals surface area contributed by atoms with Crippen molar-refractivity contribution in [1.82, 2.24) is 19.9 Å². The van der Waals surface area contributed by atoms with Crippen molar-refractivity contribution in [3.05, 3.63) is 22.6 Å². The largest absolute Gasteiger partial charge is 0.339 e. The molecular formula is C13H15BrN4O. The molecular weight excluding hydrogens is 308 g/mol. The molecule has 2 aromatic rings. The van der Waals surface area contributed by atoms with Gasteiger partial charge in [0.2, 0.25) is 0 Å². The summed E-state index contributed by atoms with van der Waals surface area (Å²) in [7, 11) is 0. The second kappa shape index (κ2) is 5.02. The topological polar surface area (TPSA) is 61.9 Å². The maximum atomic E-state index is 10.8. The number of aldehydes is 1. The molecule has 2 aromatic heterocycles. The highest BCUT2D eigenvalue weighted by Gasteiger charge is 2.32. The summed E-state index contributed by atoms with van der Waals surface area (Å²) in [6.45, 7) is 3.61.